The van der Waals surface area contributed by atoms with Gasteiger partial charge in [0.05, 0.1) is 23.4 Å². The Morgan fingerprint density at radius 2 is 1.62 bits per heavy atom. The van der Waals surface area contributed by atoms with Gasteiger partial charge in [-0.2, -0.15) is 5.10 Å². The predicted molar refractivity (Wildman–Crippen MR) is 97.9 cm³/mol. The maximum Gasteiger partial charge on any atom is 0.498 e. The van der Waals surface area contributed by atoms with Gasteiger partial charge < -0.3 is 9.31 Å². The average Bonchev–Trinajstić information content (AvgIpc) is 2.88. The molecule has 1 saturated heterocycles. The van der Waals surface area contributed by atoms with Gasteiger partial charge in [-0.15, -0.1) is 0 Å². The van der Waals surface area contributed by atoms with Crippen LogP contribution in [-0.4, -0.2) is 28.1 Å². The van der Waals surface area contributed by atoms with Gasteiger partial charge >= 0.3 is 7.12 Å². The first-order chi connectivity index (χ1) is 11.9. The lowest BCUT2D eigenvalue weighted by molar-refractivity contribution is 0.00578. The minimum atomic E-state index is -0.968. The molecule has 26 heavy (non-hydrogen) atoms. The number of rotatable bonds is 3. The van der Waals surface area contributed by atoms with Crippen LogP contribution >= 0.6 is 11.6 Å². The maximum absolute atomic E-state index is 13.6. The highest BCUT2D eigenvalue weighted by atomic mass is 35.5. The van der Waals surface area contributed by atoms with E-state index in [1.807, 2.05) is 41.5 Å². The van der Waals surface area contributed by atoms with Gasteiger partial charge in [-0.3, -0.25) is 4.68 Å². The molecule has 2 heterocycles. The molecule has 0 N–H and O–H groups in total. The molecule has 1 aliphatic rings. The van der Waals surface area contributed by atoms with Crippen molar-refractivity contribution in [3.63, 3.8) is 0 Å². The number of aromatic nitrogens is 2. The second kappa shape index (κ2) is 6.32. The van der Waals surface area contributed by atoms with Crippen molar-refractivity contribution in [2.24, 2.45) is 0 Å². The Morgan fingerprint density at radius 3 is 2.19 bits per heavy atom. The first-order valence-corrected chi connectivity index (χ1v) is 8.83. The van der Waals surface area contributed by atoms with E-state index in [4.69, 9.17) is 20.9 Å². The Labute approximate surface area is 157 Å². The van der Waals surface area contributed by atoms with Crippen molar-refractivity contribution in [1.82, 2.24) is 9.78 Å². The van der Waals surface area contributed by atoms with Gasteiger partial charge in [0.2, 0.25) is 0 Å². The Kier molecular flexibility index (Phi) is 4.70. The highest BCUT2D eigenvalue weighted by molar-refractivity contribution is 6.63. The number of benzene rings is 1. The summed E-state index contributed by atoms with van der Waals surface area (Å²) in [6, 6.07) is 2.08. The summed E-state index contributed by atoms with van der Waals surface area (Å²) in [7, 11) is -0.533. The van der Waals surface area contributed by atoms with Gasteiger partial charge in [0.1, 0.15) is 0 Å². The summed E-state index contributed by atoms with van der Waals surface area (Å²) in [5.74, 6) is -1.90. The minimum absolute atomic E-state index is 0.161. The highest BCUT2D eigenvalue weighted by Crippen LogP contribution is 2.37. The van der Waals surface area contributed by atoms with Crippen LogP contribution in [0.25, 0.3) is 0 Å². The molecule has 1 aromatic heterocycles. The molecule has 1 fully saturated rings. The first-order valence-electron chi connectivity index (χ1n) is 8.46. The number of halogens is 3. The van der Waals surface area contributed by atoms with Crippen LogP contribution in [0.15, 0.2) is 12.1 Å². The van der Waals surface area contributed by atoms with Crippen LogP contribution < -0.4 is 5.46 Å². The molecule has 0 atom stereocenters. The molecule has 0 aliphatic carbocycles. The van der Waals surface area contributed by atoms with Gasteiger partial charge in [0, 0.05) is 16.2 Å². The summed E-state index contributed by atoms with van der Waals surface area (Å²) in [6.45, 7) is 12.0. The SMILES string of the molecule is Cc1nn(Cc2cc(F)c(F)cc2Cl)c(C)c1B1OC(C)(C)C(C)(C)O1. The molecule has 0 bridgehead atoms. The highest BCUT2D eigenvalue weighted by Gasteiger charge is 2.53. The predicted octanol–water partition coefficient (Wildman–Crippen LogP) is 3.78. The largest absolute Gasteiger partial charge is 0.498 e. The number of hydrogen-bond donors (Lipinski definition) is 0. The summed E-state index contributed by atoms with van der Waals surface area (Å²) in [5.41, 5.74) is 1.99. The monoisotopic (exact) mass is 382 g/mol. The lowest BCUT2D eigenvalue weighted by Gasteiger charge is -2.32. The fraction of sp³-hybridized carbons (Fsp3) is 0.500. The Bertz CT molecular complexity index is 851. The van der Waals surface area contributed by atoms with E-state index >= 15 is 0 Å². The Hall–Kier alpha value is -1.44. The standard InChI is InChI=1S/C18H22BClF2N2O2/c1-10-16(19-25-17(3,4)18(5,6)26-19)11(2)24(23-10)9-12-7-14(21)15(22)8-13(12)20/h7-8H,9H2,1-6H3. The van der Waals surface area contributed by atoms with Crippen molar-refractivity contribution in [3.8, 4) is 0 Å². The third kappa shape index (κ3) is 3.17. The number of hydrogen-bond acceptors (Lipinski definition) is 3. The Balaban J connectivity index is 1.94. The molecule has 0 amide bonds. The normalized spacial score (nSPS) is 18.6. The van der Waals surface area contributed by atoms with E-state index in [1.54, 1.807) is 4.68 Å². The van der Waals surface area contributed by atoms with Crippen LogP contribution in [0.3, 0.4) is 0 Å². The van der Waals surface area contributed by atoms with Gasteiger partial charge in [-0.1, -0.05) is 11.6 Å². The van der Waals surface area contributed by atoms with Crippen molar-refractivity contribution < 1.29 is 18.1 Å². The molecule has 1 aliphatic heterocycles. The van der Waals surface area contributed by atoms with Crippen molar-refractivity contribution in [1.29, 1.82) is 0 Å². The van der Waals surface area contributed by atoms with Crippen molar-refractivity contribution in [3.05, 3.63) is 45.7 Å². The van der Waals surface area contributed by atoms with Crippen LogP contribution in [0.2, 0.25) is 5.02 Å². The Morgan fingerprint density at radius 1 is 1.08 bits per heavy atom. The average molecular weight is 383 g/mol. The molecule has 0 unspecified atom stereocenters. The second-order valence-corrected chi connectivity index (χ2v) is 8.10. The molecule has 0 spiro atoms. The van der Waals surface area contributed by atoms with E-state index in [0.717, 1.165) is 29.0 Å². The molecule has 0 saturated carbocycles. The summed E-state index contributed by atoms with van der Waals surface area (Å²) in [6.07, 6.45) is 0. The lowest BCUT2D eigenvalue weighted by atomic mass is 9.77. The van der Waals surface area contributed by atoms with Crippen LogP contribution in [0.1, 0.15) is 44.6 Å². The molecule has 2 aromatic rings. The molecule has 8 heteroatoms. The smallest absolute Gasteiger partial charge is 0.399 e. The van der Waals surface area contributed by atoms with Crippen LogP contribution in [0.5, 0.6) is 0 Å². The number of nitrogens with zero attached hydrogens (tertiary/aromatic N) is 2. The molecule has 1 aromatic carbocycles. The van der Waals surface area contributed by atoms with Gasteiger partial charge in [-0.25, -0.2) is 8.78 Å². The zero-order valence-corrected chi connectivity index (χ0v) is 16.5. The van der Waals surface area contributed by atoms with Crippen LogP contribution in [0, 0.1) is 25.5 Å². The molecule has 0 radical (unpaired) electrons. The zero-order valence-electron chi connectivity index (χ0n) is 15.8. The summed E-state index contributed by atoms with van der Waals surface area (Å²) in [4.78, 5) is 0. The van der Waals surface area contributed by atoms with E-state index in [0.29, 0.717) is 5.56 Å². The van der Waals surface area contributed by atoms with Crippen LogP contribution in [-0.2, 0) is 15.9 Å². The summed E-state index contributed by atoms with van der Waals surface area (Å²) in [5, 5.41) is 4.68. The third-order valence-electron chi connectivity index (χ3n) is 5.34. The van der Waals surface area contributed by atoms with E-state index in [1.165, 1.54) is 0 Å². The van der Waals surface area contributed by atoms with E-state index < -0.39 is 30.0 Å². The summed E-state index contributed by atoms with van der Waals surface area (Å²) < 4.78 is 40.8. The van der Waals surface area contributed by atoms with Crippen molar-refractivity contribution >= 4 is 24.2 Å². The molecular weight excluding hydrogens is 360 g/mol. The van der Waals surface area contributed by atoms with Gasteiger partial charge in [0.25, 0.3) is 0 Å². The lowest BCUT2D eigenvalue weighted by Crippen LogP contribution is -2.41. The van der Waals surface area contributed by atoms with E-state index in [9.17, 15) is 8.78 Å². The molecule has 140 valence electrons. The minimum Gasteiger partial charge on any atom is -0.399 e. The fourth-order valence-corrected chi connectivity index (χ4v) is 3.22. The topological polar surface area (TPSA) is 36.3 Å². The van der Waals surface area contributed by atoms with Crippen LogP contribution in [0.4, 0.5) is 8.78 Å². The third-order valence-corrected chi connectivity index (χ3v) is 5.69. The zero-order chi connectivity index (χ0) is 19.4. The van der Waals surface area contributed by atoms with Gasteiger partial charge in [0.15, 0.2) is 11.6 Å². The maximum atomic E-state index is 13.6. The van der Waals surface area contributed by atoms with E-state index in [2.05, 4.69) is 5.10 Å². The fourth-order valence-electron chi connectivity index (χ4n) is 3.01. The summed E-state index contributed by atoms with van der Waals surface area (Å²) >= 11 is 6.06. The quantitative estimate of drug-likeness (QED) is 0.599. The van der Waals surface area contributed by atoms with Crippen molar-refractivity contribution in [2.75, 3.05) is 0 Å². The van der Waals surface area contributed by atoms with E-state index in [-0.39, 0.29) is 11.6 Å². The second-order valence-electron chi connectivity index (χ2n) is 7.69. The molecule has 4 nitrogen and oxygen atoms in total. The molecule has 3 rings (SSSR count). The molecular formula is C18H22BClF2N2O2. The van der Waals surface area contributed by atoms with Gasteiger partial charge in [-0.05, 0) is 59.2 Å². The van der Waals surface area contributed by atoms with Crippen molar-refractivity contribution in [2.45, 2.75) is 59.3 Å². The first kappa shape index (κ1) is 19.3. The number of aryl methyl sites for hydroxylation is 1.